The van der Waals surface area contributed by atoms with Crippen LogP contribution in [0.5, 0.6) is 0 Å². The van der Waals surface area contributed by atoms with Crippen molar-refractivity contribution in [2.24, 2.45) is 0 Å². The molecule has 0 bridgehead atoms. The van der Waals surface area contributed by atoms with Crippen LogP contribution in [-0.2, 0) is 16.1 Å². The molecule has 1 amide bonds. The number of hydrogen-bond acceptors (Lipinski definition) is 5. The van der Waals surface area contributed by atoms with Crippen molar-refractivity contribution in [1.29, 1.82) is 0 Å². The first-order valence-corrected chi connectivity index (χ1v) is 9.71. The molecule has 0 radical (unpaired) electrons. The topological polar surface area (TPSA) is 72.3 Å². The summed E-state index contributed by atoms with van der Waals surface area (Å²) >= 11 is 6.44. The summed E-state index contributed by atoms with van der Waals surface area (Å²) in [5.74, 6) is -0.110. The first kappa shape index (κ1) is 18.9. The number of aromatic nitrogens is 3. The predicted octanol–water partition coefficient (Wildman–Crippen LogP) is 2.27. The van der Waals surface area contributed by atoms with Crippen LogP contribution in [0.4, 0.5) is 0 Å². The zero-order chi connectivity index (χ0) is 19.3. The molecular formula is C20H22ClN5O2. The molecular weight excluding hydrogens is 378 g/mol. The van der Waals surface area contributed by atoms with Gasteiger partial charge in [-0.2, -0.15) is 0 Å². The Kier molecular flexibility index (Phi) is 5.85. The lowest BCUT2D eigenvalue weighted by Gasteiger charge is -2.35. The second kappa shape index (κ2) is 8.68. The second-order valence-corrected chi connectivity index (χ2v) is 7.13. The van der Waals surface area contributed by atoms with Crippen molar-refractivity contribution in [3.8, 4) is 0 Å². The molecule has 0 saturated carbocycles. The number of nitrogens with one attached hydrogen (secondary N) is 1. The molecule has 1 aliphatic rings. The molecule has 28 heavy (non-hydrogen) atoms. The number of hydrogen-bond donors (Lipinski definition) is 1. The molecule has 2 heterocycles. The van der Waals surface area contributed by atoms with Crippen molar-refractivity contribution in [2.45, 2.75) is 12.6 Å². The highest BCUT2D eigenvalue weighted by atomic mass is 35.5. The quantitative estimate of drug-likeness (QED) is 0.688. The molecule has 0 spiro atoms. The number of rotatable bonds is 6. The standard InChI is InChI=1S/C20H22ClN5O2/c21-16-6-2-1-5-15(16)19(25-9-11-28-12-10-25)13-22-20(27)14-26-18-8-4-3-7-17(18)23-24-26/h1-8,19H,9-14H2,(H,22,27). The number of carbonyl (C=O) groups is 1. The third kappa shape index (κ3) is 4.16. The van der Waals surface area contributed by atoms with Gasteiger partial charge >= 0.3 is 0 Å². The smallest absolute Gasteiger partial charge is 0.241 e. The van der Waals surface area contributed by atoms with Crippen molar-refractivity contribution in [3.63, 3.8) is 0 Å². The number of para-hydroxylation sites is 1. The highest BCUT2D eigenvalue weighted by Gasteiger charge is 2.25. The lowest BCUT2D eigenvalue weighted by Crippen LogP contribution is -2.44. The van der Waals surface area contributed by atoms with Gasteiger partial charge in [-0.1, -0.05) is 47.1 Å². The normalized spacial score (nSPS) is 16.2. The number of halogens is 1. The maximum atomic E-state index is 12.6. The highest BCUT2D eigenvalue weighted by Crippen LogP contribution is 2.27. The van der Waals surface area contributed by atoms with Gasteiger partial charge in [0.05, 0.1) is 24.8 Å². The van der Waals surface area contributed by atoms with Crippen LogP contribution in [0.1, 0.15) is 11.6 Å². The average Bonchev–Trinajstić information content (AvgIpc) is 3.13. The fourth-order valence-corrected chi connectivity index (χ4v) is 3.77. The summed E-state index contributed by atoms with van der Waals surface area (Å²) in [5, 5.41) is 11.9. The molecule has 1 saturated heterocycles. The minimum absolute atomic E-state index is 0.00552. The summed E-state index contributed by atoms with van der Waals surface area (Å²) in [7, 11) is 0. The zero-order valence-electron chi connectivity index (χ0n) is 15.4. The van der Waals surface area contributed by atoms with Crippen LogP contribution in [0.25, 0.3) is 11.0 Å². The SMILES string of the molecule is O=C(Cn1nnc2ccccc21)NCC(c1ccccc1Cl)N1CCOCC1. The van der Waals surface area contributed by atoms with Gasteiger partial charge in [-0.15, -0.1) is 5.10 Å². The lowest BCUT2D eigenvalue weighted by atomic mass is 10.0. The number of morpholine rings is 1. The Labute approximate surface area is 168 Å². The molecule has 4 rings (SSSR count). The van der Waals surface area contributed by atoms with Crippen LogP contribution < -0.4 is 5.32 Å². The fraction of sp³-hybridized carbons (Fsp3) is 0.350. The van der Waals surface area contributed by atoms with Gasteiger partial charge in [-0.05, 0) is 23.8 Å². The van der Waals surface area contributed by atoms with Crippen LogP contribution in [0.2, 0.25) is 5.02 Å². The fourth-order valence-electron chi connectivity index (χ4n) is 3.51. The van der Waals surface area contributed by atoms with Gasteiger partial charge in [-0.3, -0.25) is 9.69 Å². The highest BCUT2D eigenvalue weighted by molar-refractivity contribution is 6.31. The summed E-state index contributed by atoms with van der Waals surface area (Å²) in [6.07, 6.45) is 0. The van der Waals surface area contributed by atoms with Crippen molar-refractivity contribution in [2.75, 3.05) is 32.8 Å². The minimum atomic E-state index is -0.110. The Hall–Kier alpha value is -2.48. The number of ether oxygens (including phenoxy) is 1. The zero-order valence-corrected chi connectivity index (χ0v) is 16.2. The van der Waals surface area contributed by atoms with Gasteiger partial charge in [-0.25, -0.2) is 4.68 Å². The molecule has 3 aromatic rings. The molecule has 1 aromatic heterocycles. The van der Waals surface area contributed by atoms with Gasteiger partial charge in [0.2, 0.25) is 5.91 Å². The van der Waals surface area contributed by atoms with Crippen molar-refractivity contribution in [1.82, 2.24) is 25.2 Å². The Morgan fingerprint density at radius 1 is 1.14 bits per heavy atom. The largest absolute Gasteiger partial charge is 0.379 e. The number of carbonyl (C=O) groups excluding carboxylic acids is 1. The molecule has 8 heteroatoms. The number of amides is 1. The first-order chi connectivity index (χ1) is 13.7. The molecule has 0 aliphatic carbocycles. The Morgan fingerprint density at radius 3 is 2.71 bits per heavy atom. The van der Waals surface area contributed by atoms with Crippen LogP contribution in [0.15, 0.2) is 48.5 Å². The summed E-state index contributed by atoms with van der Waals surface area (Å²) in [5.41, 5.74) is 2.63. The number of benzene rings is 2. The predicted molar refractivity (Wildman–Crippen MR) is 107 cm³/mol. The monoisotopic (exact) mass is 399 g/mol. The third-order valence-electron chi connectivity index (χ3n) is 4.96. The van der Waals surface area contributed by atoms with E-state index in [1.165, 1.54) is 0 Å². The van der Waals surface area contributed by atoms with E-state index < -0.39 is 0 Å². The molecule has 7 nitrogen and oxygen atoms in total. The van der Waals surface area contributed by atoms with Crippen LogP contribution in [-0.4, -0.2) is 58.6 Å². The van der Waals surface area contributed by atoms with Gasteiger partial charge < -0.3 is 10.1 Å². The van der Waals surface area contributed by atoms with E-state index in [0.717, 1.165) is 29.7 Å². The molecule has 1 aliphatic heterocycles. The van der Waals surface area contributed by atoms with E-state index in [9.17, 15) is 4.79 Å². The van der Waals surface area contributed by atoms with Crippen molar-refractivity contribution in [3.05, 3.63) is 59.1 Å². The van der Waals surface area contributed by atoms with Crippen LogP contribution >= 0.6 is 11.6 Å². The van der Waals surface area contributed by atoms with Gasteiger partial charge in [0.1, 0.15) is 12.1 Å². The third-order valence-corrected chi connectivity index (χ3v) is 5.30. The van der Waals surface area contributed by atoms with E-state index in [1.807, 2.05) is 48.5 Å². The molecule has 1 fully saturated rings. The van der Waals surface area contributed by atoms with Crippen molar-refractivity contribution >= 4 is 28.5 Å². The molecule has 1 N–H and O–H groups in total. The average molecular weight is 400 g/mol. The molecule has 2 aromatic carbocycles. The molecule has 1 unspecified atom stereocenters. The summed E-state index contributed by atoms with van der Waals surface area (Å²) in [6.45, 7) is 3.56. The van der Waals surface area contributed by atoms with Crippen LogP contribution in [0.3, 0.4) is 0 Å². The maximum absolute atomic E-state index is 12.6. The van der Waals surface area contributed by atoms with E-state index in [0.29, 0.717) is 24.8 Å². The first-order valence-electron chi connectivity index (χ1n) is 9.33. The van der Waals surface area contributed by atoms with Gasteiger partial charge in [0, 0.05) is 24.7 Å². The van der Waals surface area contributed by atoms with Gasteiger partial charge in [0.15, 0.2) is 0 Å². The Bertz CT molecular complexity index is 954. The minimum Gasteiger partial charge on any atom is -0.379 e. The number of fused-ring (bicyclic) bond motifs is 1. The lowest BCUT2D eigenvalue weighted by molar-refractivity contribution is -0.122. The second-order valence-electron chi connectivity index (χ2n) is 6.73. The van der Waals surface area contributed by atoms with E-state index >= 15 is 0 Å². The molecule has 1 atom stereocenters. The molecule has 146 valence electrons. The van der Waals surface area contributed by atoms with E-state index in [2.05, 4.69) is 20.5 Å². The maximum Gasteiger partial charge on any atom is 0.241 e. The van der Waals surface area contributed by atoms with E-state index in [4.69, 9.17) is 16.3 Å². The van der Waals surface area contributed by atoms with E-state index in [1.54, 1.807) is 4.68 Å². The van der Waals surface area contributed by atoms with Gasteiger partial charge in [0.25, 0.3) is 0 Å². The summed E-state index contributed by atoms with van der Waals surface area (Å²) in [4.78, 5) is 14.9. The summed E-state index contributed by atoms with van der Waals surface area (Å²) < 4.78 is 7.09. The van der Waals surface area contributed by atoms with E-state index in [-0.39, 0.29) is 18.5 Å². The van der Waals surface area contributed by atoms with Crippen LogP contribution in [0, 0.1) is 0 Å². The Balaban J connectivity index is 1.46. The Morgan fingerprint density at radius 2 is 1.89 bits per heavy atom. The van der Waals surface area contributed by atoms with Crippen molar-refractivity contribution < 1.29 is 9.53 Å². The number of nitrogens with zero attached hydrogens (tertiary/aromatic N) is 4. The summed E-state index contributed by atoms with van der Waals surface area (Å²) in [6, 6.07) is 15.4.